The van der Waals surface area contributed by atoms with Gasteiger partial charge >= 0.3 is 0 Å². The Morgan fingerprint density at radius 3 is 2.59 bits per heavy atom. The highest BCUT2D eigenvalue weighted by atomic mass is 35.5. The highest BCUT2D eigenvalue weighted by molar-refractivity contribution is 6.30. The first-order valence-electron chi connectivity index (χ1n) is 11.2. The molecule has 1 fully saturated rings. The predicted molar refractivity (Wildman–Crippen MR) is 134 cm³/mol. The molecule has 0 aromatic heterocycles. The van der Waals surface area contributed by atoms with Crippen LogP contribution in [0.15, 0.2) is 77.9 Å². The number of aryl methyl sites for hydroxylation is 1. The molecule has 3 aromatic rings. The molecule has 174 valence electrons. The minimum absolute atomic E-state index is 0.0566. The maximum Gasteiger partial charge on any atom is 0.245 e. The van der Waals surface area contributed by atoms with Crippen LogP contribution in [-0.4, -0.2) is 24.6 Å². The average Bonchev–Trinajstić information content (AvgIpc) is 3.25. The third kappa shape index (κ3) is 6.02. The highest BCUT2D eigenvalue weighted by Crippen LogP contribution is 2.25. The Labute approximate surface area is 204 Å². The number of halogens is 1. The van der Waals surface area contributed by atoms with Crippen molar-refractivity contribution in [1.82, 2.24) is 5.43 Å². The number of anilines is 1. The van der Waals surface area contributed by atoms with Gasteiger partial charge in [-0.25, -0.2) is 5.43 Å². The molecule has 7 heteroatoms. The third-order valence-corrected chi connectivity index (χ3v) is 5.97. The summed E-state index contributed by atoms with van der Waals surface area (Å²) in [4.78, 5) is 26.7. The van der Waals surface area contributed by atoms with E-state index in [0.29, 0.717) is 23.9 Å². The fraction of sp³-hybridized carbons (Fsp3) is 0.222. The van der Waals surface area contributed by atoms with Gasteiger partial charge in [-0.15, -0.1) is 0 Å². The van der Waals surface area contributed by atoms with Gasteiger partial charge in [0.15, 0.2) is 0 Å². The van der Waals surface area contributed by atoms with Crippen LogP contribution in [0.1, 0.15) is 30.0 Å². The molecule has 4 rings (SSSR count). The van der Waals surface area contributed by atoms with Gasteiger partial charge in [0.25, 0.3) is 0 Å². The van der Waals surface area contributed by atoms with E-state index < -0.39 is 5.92 Å². The van der Waals surface area contributed by atoms with E-state index in [4.69, 9.17) is 16.3 Å². The minimum Gasteiger partial charge on any atom is -0.489 e. The van der Waals surface area contributed by atoms with E-state index in [9.17, 15) is 9.59 Å². The monoisotopic (exact) mass is 475 g/mol. The Hall–Kier alpha value is -3.64. The number of nitrogens with one attached hydrogen (secondary N) is 1. The Balaban J connectivity index is 1.30. The molecule has 1 saturated heterocycles. The van der Waals surface area contributed by atoms with Crippen molar-refractivity contribution in [3.05, 3.63) is 94.5 Å². The van der Waals surface area contributed by atoms with Crippen molar-refractivity contribution in [1.29, 1.82) is 0 Å². The molecule has 0 radical (unpaired) electrons. The second-order valence-electron chi connectivity index (χ2n) is 8.15. The number of nitrogens with zero attached hydrogens (tertiary/aromatic N) is 2. The minimum atomic E-state index is -0.440. The number of hydrazone groups is 1. The number of carbonyl (C=O) groups excluding carboxylic acids is 2. The van der Waals surface area contributed by atoms with Crippen molar-refractivity contribution in [3.63, 3.8) is 0 Å². The van der Waals surface area contributed by atoms with Gasteiger partial charge in [0, 0.05) is 23.7 Å². The lowest BCUT2D eigenvalue weighted by Crippen LogP contribution is -2.30. The third-order valence-electron chi connectivity index (χ3n) is 5.72. The molecular formula is C27H26ClN3O3. The summed E-state index contributed by atoms with van der Waals surface area (Å²) in [7, 11) is 0. The molecular weight excluding hydrogens is 450 g/mol. The lowest BCUT2D eigenvalue weighted by Gasteiger charge is -2.16. The van der Waals surface area contributed by atoms with Gasteiger partial charge in [-0.1, -0.05) is 54.9 Å². The lowest BCUT2D eigenvalue weighted by atomic mass is 10.1. The maximum absolute atomic E-state index is 12.6. The summed E-state index contributed by atoms with van der Waals surface area (Å²) in [5.74, 6) is -0.0766. The molecule has 2 amide bonds. The smallest absolute Gasteiger partial charge is 0.245 e. The van der Waals surface area contributed by atoms with E-state index in [1.54, 1.807) is 11.1 Å². The van der Waals surface area contributed by atoms with E-state index in [-0.39, 0.29) is 18.2 Å². The van der Waals surface area contributed by atoms with Crippen LogP contribution in [0.2, 0.25) is 5.02 Å². The quantitative estimate of drug-likeness (QED) is 0.369. The zero-order valence-corrected chi connectivity index (χ0v) is 19.7. The van der Waals surface area contributed by atoms with E-state index in [0.717, 1.165) is 23.2 Å². The SMILES string of the molecule is CCc1ccc(N2C[C@H](C(=O)N/N=C/c3cccc(OCc4ccc(Cl)cc4)c3)CC2=O)cc1. The first kappa shape index (κ1) is 23.5. The molecule has 0 bridgehead atoms. The van der Waals surface area contributed by atoms with Gasteiger partial charge in [0.05, 0.1) is 12.1 Å². The number of ether oxygens (including phenoxy) is 1. The number of rotatable bonds is 8. The molecule has 1 aliphatic heterocycles. The Morgan fingerprint density at radius 1 is 1.12 bits per heavy atom. The van der Waals surface area contributed by atoms with Crippen molar-refractivity contribution in [3.8, 4) is 5.75 Å². The van der Waals surface area contributed by atoms with Gasteiger partial charge in [-0.05, 0) is 59.5 Å². The van der Waals surface area contributed by atoms with Crippen LogP contribution >= 0.6 is 11.6 Å². The summed E-state index contributed by atoms with van der Waals surface area (Å²) >= 11 is 5.91. The zero-order valence-electron chi connectivity index (χ0n) is 18.9. The van der Waals surface area contributed by atoms with Gasteiger partial charge < -0.3 is 9.64 Å². The van der Waals surface area contributed by atoms with Crippen molar-refractivity contribution < 1.29 is 14.3 Å². The molecule has 0 saturated carbocycles. The normalized spacial score (nSPS) is 15.6. The average molecular weight is 476 g/mol. The summed E-state index contributed by atoms with van der Waals surface area (Å²) in [6.45, 7) is 2.85. The molecule has 0 spiro atoms. The maximum atomic E-state index is 12.6. The van der Waals surface area contributed by atoms with E-state index in [1.807, 2.05) is 72.8 Å². The van der Waals surface area contributed by atoms with Crippen LogP contribution < -0.4 is 15.1 Å². The Morgan fingerprint density at radius 2 is 1.85 bits per heavy atom. The molecule has 3 aromatic carbocycles. The van der Waals surface area contributed by atoms with E-state index in [1.165, 1.54) is 5.56 Å². The number of amides is 2. The number of hydrogen-bond acceptors (Lipinski definition) is 4. The van der Waals surface area contributed by atoms with Crippen molar-refractivity contribution in [2.75, 3.05) is 11.4 Å². The first-order valence-corrected chi connectivity index (χ1v) is 11.6. The van der Waals surface area contributed by atoms with Crippen LogP contribution in [0.25, 0.3) is 0 Å². The van der Waals surface area contributed by atoms with Gasteiger partial charge in [0.2, 0.25) is 11.8 Å². The standard InChI is InChI=1S/C27H26ClN3O3/c1-2-19-8-12-24(13-9-19)31-17-22(15-26(31)32)27(33)30-29-16-21-4-3-5-25(14-21)34-18-20-6-10-23(28)11-7-20/h3-14,16,22H,2,15,17-18H2,1H3,(H,30,33)/b29-16+/t22-/m1/s1. The molecule has 1 atom stereocenters. The number of carbonyl (C=O) groups is 2. The van der Waals surface area contributed by atoms with Crippen molar-refractivity contribution in [2.24, 2.45) is 11.0 Å². The molecule has 1 heterocycles. The first-order chi connectivity index (χ1) is 16.5. The summed E-state index contributed by atoms with van der Waals surface area (Å²) in [5, 5.41) is 4.76. The Kier molecular flexibility index (Phi) is 7.60. The van der Waals surface area contributed by atoms with Crippen molar-refractivity contribution >= 4 is 35.3 Å². The second kappa shape index (κ2) is 11.0. The summed E-state index contributed by atoms with van der Waals surface area (Å²) in [5.41, 5.74) is 6.39. The van der Waals surface area contributed by atoms with Crippen LogP contribution in [-0.2, 0) is 22.6 Å². The molecule has 34 heavy (non-hydrogen) atoms. The highest BCUT2D eigenvalue weighted by Gasteiger charge is 2.35. The molecule has 0 aliphatic carbocycles. The zero-order chi connectivity index (χ0) is 23.9. The van der Waals surface area contributed by atoms with Crippen LogP contribution in [0.5, 0.6) is 5.75 Å². The van der Waals surface area contributed by atoms with E-state index >= 15 is 0 Å². The Bertz CT molecular complexity index is 1180. The lowest BCUT2D eigenvalue weighted by molar-refractivity contribution is -0.126. The van der Waals surface area contributed by atoms with Gasteiger partial charge in [0.1, 0.15) is 12.4 Å². The number of hydrogen-bond donors (Lipinski definition) is 1. The van der Waals surface area contributed by atoms with E-state index in [2.05, 4.69) is 17.5 Å². The number of benzene rings is 3. The second-order valence-corrected chi connectivity index (χ2v) is 8.58. The van der Waals surface area contributed by atoms with Crippen LogP contribution in [0, 0.1) is 5.92 Å². The molecule has 0 unspecified atom stereocenters. The fourth-order valence-corrected chi connectivity index (χ4v) is 3.86. The van der Waals surface area contributed by atoms with Crippen LogP contribution in [0.3, 0.4) is 0 Å². The molecule has 6 nitrogen and oxygen atoms in total. The molecule has 1 N–H and O–H groups in total. The largest absolute Gasteiger partial charge is 0.489 e. The summed E-state index contributed by atoms with van der Waals surface area (Å²) < 4.78 is 5.83. The topological polar surface area (TPSA) is 71.0 Å². The van der Waals surface area contributed by atoms with Crippen molar-refractivity contribution in [2.45, 2.75) is 26.4 Å². The summed E-state index contributed by atoms with van der Waals surface area (Å²) in [6.07, 6.45) is 2.67. The van der Waals surface area contributed by atoms with Gasteiger partial charge in [-0.3, -0.25) is 9.59 Å². The molecule has 1 aliphatic rings. The van der Waals surface area contributed by atoms with Gasteiger partial charge in [-0.2, -0.15) is 5.10 Å². The fourth-order valence-electron chi connectivity index (χ4n) is 3.74. The van der Waals surface area contributed by atoms with Crippen LogP contribution in [0.4, 0.5) is 5.69 Å². The predicted octanol–water partition coefficient (Wildman–Crippen LogP) is 4.98. The summed E-state index contributed by atoms with van der Waals surface area (Å²) in [6, 6.07) is 22.8.